The molecule has 0 aliphatic heterocycles. The second-order valence-corrected chi connectivity index (χ2v) is 7.23. The Kier molecular flexibility index (Phi) is 6.08. The molecule has 1 amide bonds. The molecule has 0 radical (unpaired) electrons. The van der Waals surface area contributed by atoms with Gasteiger partial charge in [-0.25, -0.2) is 0 Å². The molecule has 1 aromatic rings. The van der Waals surface area contributed by atoms with Crippen molar-refractivity contribution in [3.8, 4) is 0 Å². The molecule has 2 aliphatic carbocycles. The summed E-state index contributed by atoms with van der Waals surface area (Å²) in [6.07, 6.45) is 12.0. The maximum Gasteiger partial charge on any atom is 0.234 e. The van der Waals surface area contributed by atoms with Gasteiger partial charge >= 0.3 is 0 Å². The largest absolute Gasteiger partial charge is 0.355 e. The van der Waals surface area contributed by atoms with Gasteiger partial charge in [-0.05, 0) is 69.5 Å². The molecule has 0 saturated heterocycles. The number of hydrogen-bond acceptors (Lipinski definition) is 2. The summed E-state index contributed by atoms with van der Waals surface area (Å²) in [5.74, 6) is 0.150. The van der Waals surface area contributed by atoms with Gasteiger partial charge in [0.1, 0.15) is 0 Å². The van der Waals surface area contributed by atoms with Crippen molar-refractivity contribution in [3.05, 3.63) is 47.0 Å². The lowest BCUT2D eigenvalue weighted by molar-refractivity contribution is -0.122. The number of amides is 1. The molecule has 130 valence electrons. The number of nitrogens with zero attached hydrogens (tertiary/aromatic N) is 1. The van der Waals surface area contributed by atoms with Gasteiger partial charge in [-0.3, -0.25) is 9.69 Å². The molecule has 0 saturated carbocycles. The predicted octanol–water partition coefficient (Wildman–Crippen LogP) is 4.00. The molecule has 0 bridgehead atoms. The molecule has 24 heavy (non-hydrogen) atoms. The fourth-order valence-corrected chi connectivity index (χ4v) is 4.07. The van der Waals surface area contributed by atoms with E-state index in [2.05, 4.69) is 47.6 Å². The van der Waals surface area contributed by atoms with Crippen LogP contribution in [0.15, 0.2) is 35.9 Å². The zero-order valence-electron chi connectivity index (χ0n) is 14.9. The SMILES string of the molecule is CN(CC(=O)NCCC1=CCCCC1)[C@H]1CCCc2ccccc21. The summed E-state index contributed by atoms with van der Waals surface area (Å²) in [4.78, 5) is 14.5. The standard InChI is InChI=1S/C21H30N2O/c1-23(20-13-7-11-18-10-5-6-12-19(18)20)16-21(24)22-15-14-17-8-3-2-4-9-17/h5-6,8,10,12,20H,2-4,7,9,11,13-16H2,1H3,(H,22,24)/t20-/m0/s1. The molecule has 2 aliphatic rings. The van der Waals surface area contributed by atoms with Crippen molar-refractivity contribution in [3.63, 3.8) is 0 Å². The molecule has 3 heteroatoms. The quantitative estimate of drug-likeness (QED) is 0.801. The highest BCUT2D eigenvalue weighted by molar-refractivity contribution is 5.78. The van der Waals surface area contributed by atoms with Crippen molar-refractivity contribution in [2.24, 2.45) is 0 Å². The number of nitrogens with one attached hydrogen (secondary N) is 1. The highest BCUT2D eigenvalue weighted by Gasteiger charge is 2.24. The van der Waals surface area contributed by atoms with E-state index in [-0.39, 0.29) is 5.91 Å². The minimum absolute atomic E-state index is 0.150. The van der Waals surface area contributed by atoms with E-state index in [1.165, 1.54) is 55.2 Å². The molecule has 3 rings (SSSR count). The molecule has 1 N–H and O–H groups in total. The highest BCUT2D eigenvalue weighted by Crippen LogP contribution is 2.33. The number of hydrogen-bond donors (Lipinski definition) is 1. The molecule has 0 aromatic heterocycles. The van der Waals surface area contributed by atoms with Crippen LogP contribution in [0.2, 0.25) is 0 Å². The van der Waals surface area contributed by atoms with Crippen molar-refractivity contribution in [1.82, 2.24) is 10.2 Å². The van der Waals surface area contributed by atoms with Crippen LogP contribution in [0.1, 0.15) is 62.1 Å². The summed E-state index contributed by atoms with van der Waals surface area (Å²) >= 11 is 0. The fraction of sp³-hybridized carbons (Fsp3) is 0.571. The number of likely N-dealkylation sites (N-methyl/N-ethyl adjacent to an activating group) is 1. The molecule has 0 unspecified atom stereocenters. The number of carbonyl (C=O) groups is 1. The van der Waals surface area contributed by atoms with E-state index < -0.39 is 0 Å². The fourth-order valence-electron chi connectivity index (χ4n) is 4.07. The third kappa shape index (κ3) is 4.47. The minimum atomic E-state index is 0.150. The third-order valence-electron chi connectivity index (χ3n) is 5.42. The molecular formula is C21H30N2O. The Balaban J connectivity index is 1.47. The first-order valence-electron chi connectivity index (χ1n) is 9.46. The van der Waals surface area contributed by atoms with E-state index in [1.54, 1.807) is 0 Å². The lowest BCUT2D eigenvalue weighted by atomic mass is 9.87. The number of fused-ring (bicyclic) bond motifs is 1. The van der Waals surface area contributed by atoms with E-state index >= 15 is 0 Å². The molecule has 3 nitrogen and oxygen atoms in total. The van der Waals surface area contributed by atoms with Gasteiger partial charge in [0.15, 0.2) is 0 Å². The molecule has 1 aromatic carbocycles. The molecule has 0 fully saturated rings. The van der Waals surface area contributed by atoms with Gasteiger partial charge in [0.25, 0.3) is 0 Å². The summed E-state index contributed by atoms with van der Waals surface area (Å²) < 4.78 is 0. The van der Waals surface area contributed by atoms with E-state index in [0.29, 0.717) is 12.6 Å². The zero-order valence-corrected chi connectivity index (χ0v) is 14.9. The lowest BCUT2D eigenvalue weighted by Crippen LogP contribution is -2.38. The normalized spacial score (nSPS) is 20.4. The van der Waals surface area contributed by atoms with Crippen LogP contribution in [-0.2, 0) is 11.2 Å². The van der Waals surface area contributed by atoms with Gasteiger partial charge < -0.3 is 5.32 Å². The number of aryl methyl sites for hydroxylation is 1. The summed E-state index contributed by atoms with van der Waals surface area (Å²) in [5, 5.41) is 3.10. The number of allylic oxidation sites excluding steroid dienone is 1. The second-order valence-electron chi connectivity index (χ2n) is 7.23. The van der Waals surface area contributed by atoms with E-state index in [0.717, 1.165) is 19.4 Å². The van der Waals surface area contributed by atoms with E-state index in [1.807, 2.05) is 0 Å². The number of carbonyl (C=O) groups excluding carboxylic acids is 1. The number of rotatable bonds is 6. The summed E-state index contributed by atoms with van der Waals surface area (Å²) in [5.41, 5.74) is 4.38. The van der Waals surface area contributed by atoms with Gasteiger partial charge in [-0.15, -0.1) is 0 Å². The monoisotopic (exact) mass is 326 g/mol. The Bertz CT molecular complexity index is 593. The molecular weight excluding hydrogens is 296 g/mol. The minimum Gasteiger partial charge on any atom is -0.355 e. The highest BCUT2D eigenvalue weighted by atomic mass is 16.2. The van der Waals surface area contributed by atoms with Gasteiger partial charge in [-0.1, -0.05) is 35.9 Å². The summed E-state index contributed by atoms with van der Waals surface area (Å²) in [7, 11) is 2.08. The topological polar surface area (TPSA) is 32.3 Å². The van der Waals surface area contributed by atoms with Gasteiger partial charge in [0.05, 0.1) is 6.54 Å². The first-order valence-corrected chi connectivity index (χ1v) is 9.46. The van der Waals surface area contributed by atoms with Crippen molar-refractivity contribution in [2.75, 3.05) is 20.1 Å². The second kappa shape index (κ2) is 8.48. The lowest BCUT2D eigenvalue weighted by Gasteiger charge is -2.32. The van der Waals surface area contributed by atoms with Crippen LogP contribution in [0.4, 0.5) is 0 Å². The average Bonchev–Trinajstić information content (AvgIpc) is 2.62. The first kappa shape index (κ1) is 17.2. The maximum absolute atomic E-state index is 12.3. The average molecular weight is 326 g/mol. The van der Waals surface area contributed by atoms with E-state index in [4.69, 9.17) is 0 Å². The van der Waals surface area contributed by atoms with Gasteiger partial charge in [0, 0.05) is 12.6 Å². The Morgan fingerprint density at radius 2 is 2.08 bits per heavy atom. The summed E-state index contributed by atoms with van der Waals surface area (Å²) in [6.45, 7) is 1.26. The van der Waals surface area contributed by atoms with Crippen molar-refractivity contribution in [2.45, 2.75) is 57.4 Å². The van der Waals surface area contributed by atoms with Gasteiger partial charge in [-0.2, -0.15) is 0 Å². The maximum atomic E-state index is 12.3. The van der Waals surface area contributed by atoms with Crippen LogP contribution in [0, 0.1) is 0 Å². The third-order valence-corrected chi connectivity index (χ3v) is 5.42. The van der Waals surface area contributed by atoms with Crippen LogP contribution in [0.25, 0.3) is 0 Å². The van der Waals surface area contributed by atoms with Crippen LogP contribution in [0.3, 0.4) is 0 Å². The Hall–Kier alpha value is -1.61. The van der Waals surface area contributed by atoms with Crippen LogP contribution < -0.4 is 5.32 Å². The van der Waals surface area contributed by atoms with Crippen molar-refractivity contribution < 1.29 is 4.79 Å². The zero-order chi connectivity index (χ0) is 16.8. The summed E-state index contributed by atoms with van der Waals surface area (Å²) in [6, 6.07) is 9.06. The molecule has 0 heterocycles. The van der Waals surface area contributed by atoms with Crippen LogP contribution in [-0.4, -0.2) is 30.9 Å². The Morgan fingerprint density at radius 3 is 2.92 bits per heavy atom. The van der Waals surface area contributed by atoms with Crippen molar-refractivity contribution in [1.29, 1.82) is 0 Å². The van der Waals surface area contributed by atoms with Crippen LogP contribution >= 0.6 is 0 Å². The predicted molar refractivity (Wildman–Crippen MR) is 98.9 cm³/mol. The molecule has 0 spiro atoms. The van der Waals surface area contributed by atoms with E-state index in [9.17, 15) is 4.79 Å². The van der Waals surface area contributed by atoms with Crippen molar-refractivity contribution >= 4 is 5.91 Å². The van der Waals surface area contributed by atoms with Crippen LogP contribution in [0.5, 0.6) is 0 Å². The smallest absolute Gasteiger partial charge is 0.234 e. The Morgan fingerprint density at radius 1 is 1.21 bits per heavy atom. The first-order chi connectivity index (χ1) is 11.7. The van der Waals surface area contributed by atoms with Gasteiger partial charge in [0.2, 0.25) is 5.91 Å². The molecule has 1 atom stereocenters. The Labute approximate surface area is 146 Å². The number of benzene rings is 1.